The number of imide groups is 1. The first kappa shape index (κ1) is 44.9. The number of hydrogen-bond donors (Lipinski definition) is 5. The Morgan fingerprint density at radius 1 is 0.921 bits per heavy atom. The fraction of sp³-hybridized carbons (Fsp3) is 0.468. The number of amides is 4. The van der Waals surface area contributed by atoms with Gasteiger partial charge in [-0.1, -0.05) is 13.8 Å². The molecular formula is C47H58N8O8. The molecule has 16 nitrogen and oxygen atoms in total. The molecule has 0 radical (unpaired) electrons. The number of carboxylic acids is 1. The summed E-state index contributed by atoms with van der Waals surface area (Å²) in [7, 11) is 0. The van der Waals surface area contributed by atoms with E-state index in [1.807, 2.05) is 45.9 Å². The van der Waals surface area contributed by atoms with E-state index < -0.39 is 23.6 Å². The highest BCUT2D eigenvalue weighted by atomic mass is 16.6. The third-order valence-corrected chi connectivity index (χ3v) is 12.3. The summed E-state index contributed by atoms with van der Waals surface area (Å²) in [6.07, 6.45) is 3.20. The third kappa shape index (κ3) is 9.47. The van der Waals surface area contributed by atoms with Crippen molar-refractivity contribution in [2.24, 2.45) is 0 Å². The summed E-state index contributed by atoms with van der Waals surface area (Å²) in [5.41, 5.74) is 9.11. The number of carbonyl (C=O) groups excluding carboxylic acids is 4. The van der Waals surface area contributed by atoms with Crippen molar-refractivity contribution < 1.29 is 38.6 Å². The van der Waals surface area contributed by atoms with Crippen LogP contribution < -0.4 is 10.6 Å². The van der Waals surface area contributed by atoms with Crippen molar-refractivity contribution in [3.63, 3.8) is 0 Å². The molecule has 5 N–H and O–H groups in total. The van der Waals surface area contributed by atoms with Gasteiger partial charge in [-0.05, 0) is 101 Å². The van der Waals surface area contributed by atoms with Crippen molar-refractivity contribution in [2.45, 2.75) is 92.1 Å². The molecule has 5 aliphatic rings. The van der Waals surface area contributed by atoms with Crippen LogP contribution in [0.15, 0.2) is 30.4 Å². The maximum Gasteiger partial charge on any atom is 0.407 e. The lowest BCUT2D eigenvalue weighted by Crippen LogP contribution is -2.47. The molecule has 8 bridgehead atoms. The lowest BCUT2D eigenvalue weighted by atomic mass is 9.84. The van der Waals surface area contributed by atoms with Crippen molar-refractivity contribution in [3.8, 4) is 0 Å². The molecule has 63 heavy (non-hydrogen) atoms. The molecule has 0 saturated carbocycles. The van der Waals surface area contributed by atoms with E-state index in [2.05, 4.69) is 32.4 Å². The van der Waals surface area contributed by atoms with E-state index in [0.717, 1.165) is 28.5 Å². The van der Waals surface area contributed by atoms with Crippen LogP contribution in [-0.4, -0.2) is 123 Å². The molecule has 2 atom stereocenters. The molecule has 0 aliphatic carbocycles. The summed E-state index contributed by atoms with van der Waals surface area (Å²) in [6, 6.07) is 5.73. The lowest BCUT2D eigenvalue weighted by molar-refractivity contribution is -0.131. The molecule has 5 aliphatic heterocycles. The predicted molar refractivity (Wildman–Crippen MR) is 239 cm³/mol. The lowest BCUT2D eigenvalue weighted by Gasteiger charge is -2.31. The van der Waals surface area contributed by atoms with E-state index in [0.29, 0.717) is 107 Å². The van der Waals surface area contributed by atoms with Gasteiger partial charge in [0.05, 0.1) is 52.6 Å². The minimum absolute atomic E-state index is 0.109. The molecule has 16 heteroatoms. The normalized spacial score (nSPS) is 18.6. The average molecular weight is 863 g/mol. The van der Waals surface area contributed by atoms with Gasteiger partial charge in [-0.15, -0.1) is 0 Å². The summed E-state index contributed by atoms with van der Waals surface area (Å²) in [4.78, 5) is 87.7. The number of aliphatic carboxylic acids is 1. The van der Waals surface area contributed by atoms with E-state index in [1.165, 1.54) is 4.90 Å². The molecule has 0 spiro atoms. The van der Waals surface area contributed by atoms with Gasteiger partial charge in [-0.3, -0.25) is 24.2 Å². The third-order valence-electron chi connectivity index (χ3n) is 12.3. The Morgan fingerprint density at radius 3 is 2.30 bits per heavy atom. The van der Waals surface area contributed by atoms with Crippen LogP contribution in [0.25, 0.3) is 33.3 Å². The predicted octanol–water partition coefficient (Wildman–Crippen LogP) is 6.49. The number of aryl methyl sites for hydroxylation is 1. The highest BCUT2D eigenvalue weighted by Gasteiger charge is 2.41. The second-order valence-electron chi connectivity index (χ2n) is 17.6. The van der Waals surface area contributed by atoms with Crippen molar-refractivity contribution in [1.82, 2.24) is 40.4 Å². The fourth-order valence-electron chi connectivity index (χ4n) is 8.86. The van der Waals surface area contributed by atoms with Gasteiger partial charge < -0.3 is 35.2 Å². The number of nitrogens with one attached hydrogen (secondary N) is 4. The Balaban J connectivity index is 1.38. The van der Waals surface area contributed by atoms with E-state index in [9.17, 15) is 24.3 Å². The number of morpholine rings is 1. The molecule has 1 saturated heterocycles. The van der Waals surface area contributed by atoms with Gasteiger partial charge in [-0.2, -0.15) is 0 Å². The molecule has 2 aromatic rings. The molecule has 4 amide bonds. The van der Waals surface area contributed by atoms with Crippen LogP contribution in [0.4, 0.5) is 4.79 Å². The standard InChI is InChI=1S/C47H58N8O8/c1-9-29-25(2)33-23-37-30(11-13-39(57)58)26(3)32(51-37)22-34-27(4)31(10-12-38(56)48-14-15-49-46(61)63-47(6,7)8)42(52-34)41-43-40(28(5)35(53-43)24-36(29)50-33)44(59)55(45(41)60)17-16-54-18-20-62-21-19-54/h11,13,22-24,27,31,52-53H,9-10,12,14-21H2,1-8H3,(H,48,56)(H,49,61)(H,57,58)/b13-11+,34-22?,36-24?,37-23?,42-41?/t27-,31-/m0/s1. The van der Waals surface area contributed by atoms with E-state index in [-0.39, 0.29) is 49.7 Å². The summed E-state index contributed by atoms with van der Waals surface area (Å²) in [5.74, 6) is -2.76. The topological polar surface area (TPSA) is 212 Å². The Kier molecular flexibility index (Phi) is 13.0. The van der Waals surface area contributed by atoms with Crippen LogP contribution in [0.2, 0.25) is 0 Å². The number of aromatic nitrogens is 4. The van der Waals surface area contributed by atoms with E-state index >= 15 is 4.79 Å². The second kappa shape index (κ2) is 18.3. The van der Waals surface area contributed by atoms with Gasteiger partial charge in [0.1, 0.15) is 5.60 Å². The fourth-order valence-corrected chi connectivity index (χ4v) is 8.86. The smallest absolute Gasteiger partial charge is 0.407 e. The Labute approximate surface area is 366 Å². The van der Waals surface area contributed by atoms with Crippen molar-refractivity contribution in [1.29, 1.82) is 0 Å². The number of aromatic amines is 2. The second-order valence-corrected chi connectivity index (χ2v) is 17.6. The van der Waals surface area contributed by atoms with Gasteiger partial charge >= 0.3 is 12.1 Å². The Bertz CT molecular complexity index is 2530. The monoisotopic (exact) mass is 862 g/mol. The van der Waals surface area contributed by atoms with Crippen LogP contribution in [0.1, 0.15) is 140 Å². The maximum absolute atomic E-state index is 15.1. The van der Waals surface area contributed by atoms with Gasteiger partial charge in [0.15, 0.2) is 0 Å². The molecule has 0 aromatic carbocycles. The van der Waals surface area contributed by atoms with Crippen LogP contribution in [0, 0.1) is 6.92 Å². The maximum atomic E-state index is 15.1. The number of nitrogens with zero attached hydrogens (tertiary/aromatic N) is 4. The molecule has 7 heterocycles. The average Bonchev–Trinajstić information content (AvgIpc) is 3.90. The minimum Gasteiger partial charge on any atom is -0.478 e. The van der Waals surface area contributed by atoms with Gasteiger partial charge in [0, 0.05) is 86.1 Å². The summed E-state index contributed by atoms with van der Waals surface area (Å²) < 4.78 is 10.8. The number of fused-ring (bicyclic) bond motifs is 8. The SMILES string of the molecule is CCC1=C(C)c2cc3nc(cc4[nH]c(c5c6[nH]c(cc1n2)c(C)c6C(=O)N(CCN1CCOCC1)C5=O)[C@@H](CCC(=O)NCCNC(=O)OC(C)(C)C)[C@@H]4C)C(C)=C3/C=C/C(=O)O. The van der Waals surface area contributed by atoms with Gasteiger partial charge in [-0.25, -0.2) is 19.6 Å². The zero-order valence-corrected chi connectivity index (χ0v) is 37.4. The van der Waals surface area contributed by atoms with Crippen molar-refractivity contribution in [3.05, 3.63) is 81.2 Å². The number of alkyl carbamates (subject to hydrolysis) is 1. The number of ether oxygens (including phenoxy) is 2. The first-order valence-corrected chi connectivity index (χ1v) is 21.7. The number of allylic oxidation sites excluding steroid dienone is 5. The largest absolute Gasteiger partial charge is 0.478 e. The Morgan fingerprint density at radius 2 is 1.60 bits per heavy atom. The van der Waals surface area contributed by atoms with Crippen LogP contribution >= 0.6 is 0 Å². The number of H-pyrrole nitrogens is 2. The first-order valence-electron chi connectivity index (χ1n) is 21.7. The molecular weight excluding hydrogens is 805 g/mol. The van der Waals surface area contributed by atoms with E-state index in [4.69, 9.17) is 19.4 Å². The number of rotatable bonds is 12. The highest BCUT2D eigenvalue weighted by Crippen LogP contribution is 2.45. The molecule has 334 valence electrons. The Hall–Kier alpha value is -6.13. The van der Waals surface area contributed by atoms with Crippen LogP contribution in [-0.2, 0) is 19.1 Å². The van der Waals surface area contributed by atoms with Gasteiger partial charge in [0.25, 0.3) is 11.8 Å². The summed E-state index contributed by atoms with van der Waals surface area (Å²) >= 11 is 0. The zero-order chi connectivity index (χ0) is 45.3. The summed E-state index contributed by atoms with van der Waals surface area (Å²) in [5, 5.41) is 15.2. The van der Waals surface area contributed by atoms with Crippen molar-refractivity contribution in [2.75, 3.05) is 52.5 Å². The molecule has 1 fully saturated rings. The van der Waals surface area contributed by atoms with Crippen LogP contribution in [0.3, 0.4) is 0 Å². The molecule has 0 unspecified atom stereocenters. The number of carbonyl (C=O) groups is 5. The highest BCUT2D eigenvalue weighted by molar-refractivity contribution is 6.23. The quantitative estimate of drug-likeness (QED) is 0.0884. The molecule has 7 rings (SSSR count). The number of carboxylic acid groups (broad SMARTS) is 1. The van der Waals surface area contributed by atoms with E-state index in [1.54, 1.807) is 26.8 Å². The minimum atomic E-state index is -1.09. The van der Waals surface area contributed by atoms with Gasteiger partial charge in [0.2, 0.25) is 5.91 Å². The number of hydrogen-bond acceptors (Lipinski definition) is 10. The first-order chi connectivity index (χ1) is 29.9. The van der Waals surface area contributed by atoms with Crippen molar-refractivity contribution >= 4 is 63.1 Å². The molecule has 2 aromatic heterocycles. The van der Waals surface area contributed by atoms with Crippen LogP contribution in [0.5, 0.6) is 0 Å². The zero-order valence-electron chi connectivity index (χ0n) is 37.4. The summed E-state index contributed by atoms with van der Waals surface area (Å²) in [6.45, 7) is 18.8.